The second-order valence-corrected chi connectivity index (χ2v) is 4.74. The van der Waals surface area contributed by atoms with E-state index in [0.717, 1.165) is 21.2 Å². The highest BCUT2D eigenvalue weighted by molar-refractivity contribution is 14.1. The van der Waals surface area contributed by atoms with Gasteiger partial charge in [-0.25, -0.2) is 0 Å². The van der Waals surface area contributed by atoms with Crippen LogP contribution in [-0.4, -0.2) is 6.29 Å². The normalized spacial score (nSPS) is 9.94. The Bertz CT molecular complexity index is 509. The average Bonchev–Trinajstić information content (AvgIpc) is 2.39. The fraction of sp³-hybridized carbons (Fsp3) is 0.0714. The van der Waals surface area contributed by atoms with Crippen LogP contribution in [0.2, 0.25) is 0 Å². The highest BCUT2D eigenvalue weighted by atomic mass is 127. The number of halogens is 1. The van der Waals surface area contributed by atoms with E-state index in [2.05, 4.69) is 22.6 Å². The number of ether oxygens (including phenoxy) is 1. The minimum atomic E-state index is 0.513. The number of hydrogen-bond acceptors (Lipinski definition) is 2. The van der Waals surface area contributed by atoms with Crippen LogP contribution in [0.15, 0.2) is 48.5 Å². The van der Waals surface area contributed by atoms with E-state index in [4.69, 9.17) is 4.74 Å². The molecular weight excluding hydrogens is 327 g/mol. The van der Waals surface area contributed by atoms with E-state index in [1.54, 1.807) is 12.1 Å². The van der Waals surface area contributed by atoms with Gasteiger partial charge in [-0.2, -0.15) is 0 Å². The molecule has 2 nitrogen and oxygen atoms in total. The maximum Gasteiger partial charge on any atom is 0.150 e. The molecule has 0 saturated heterocycles. The molecule has 0 aliphatic carbocycles. The third kappa shape index (κ3) is 3.30. The van der Waals surface area contributed by atoms with Crippen molar-refractivity contribution in [3.8, 4) is 5.75 Å². The van der Waals surface area contributed by atoms with Gasteiger partial charge in [0.25, 0.3) is 0 Å². The molecule has 0 bridgehead atoms. The van der Waals surface area contributed by atoms with Crippen LogP contribution in [0.3, 0.4) is 0 Å². The first-order valence-electron chi connectivity index (χ1n) is 5.21. The minimum absolute atomic E-state index is 0.513. The van der Waals surface area contributed by atoms with E-state index in [0.29, 0.717) is 12.2 Å². The van der Waals surface area contributed by atoms with Gasteiger partial charge < -0.3 is 4.74 Å². The molecule has 0 amide bonds. The molecule has 86 valence electrons. The summed E-state index contributed by atoms with van der Waals surface area (Å²) in [6.45, 7) is 0.513. The molecule has 0 radical (unpaired) electrons. The molecule has 0 spiro atoms. The molecule has 0 aromatic heterocycles. The molecule has 0 atom stereocenters. The standard InChI is InChI=1S/C14H11IO2/c15-13-7-6-12(9-16)8-14(13)17-10-11-4-2-1-3-5-11/h1-9H,10H2. The molecule has 2 rings (SSSR count). The number of hydrogen-bond donors (Lipinski definition) is 0. The first kappa shape index (κ1) is 12.1. The summed E-state index contributed by atoms with van der Waals surface area (Å²) in [6.07, 6.45) is 0.825. The van der Waals surface area contributed by atoms with Crippen molar-refractivity contribution in [2.45, 2.75) is 6.61 Å². The Balaban J connectivity index is 2.11. The van der Waals surface area contributed by atoms with E-state index in [-0.39, 0.29) is 0 Å². The van der Waals surface area contributed by atoms with Crippen LogP contribution >= 0.6 is 22.6 Å². The predicted molar refractivity (Wildman–Crippen MR) is 75.3 cm³/mol. The van der Waals surface area contributed by atoms with Crippen molar-refractivity contribution in [2.75, 3.05) is 0 Å². The molecule has 0 saturated carbocycles. The van der Waals surface area contributed by atoms with E-state index in [9.17, 15) is 4.79 Å². The Morgan fingerprint density at radius 2 is 1.88 bits per heavy atom. The van der Waals surface area contributed by atoms with Gasteiger partial charge in [0.1, 0.15) is 18.6 Å². The van der Waals surface area contributed by atoms with Crippen LogP contribution in [0.5, 0.6) is 5.75 Å². The van der Waals surface area contributed by atoms with Gasteiger partial charge in [-0.1, -0.05) is 36.4 Å². The SMILES string of the molecule is O=Cc1ccc(I)c(OCc2ccccc2)c1. The van der Waals surface area contributed by atoms with Gasteiger partial charge in [0.05, 0.1) is 3.57 Å². The van der Waals surface area contributed by atoms with Crippen molar-refractivity contribution in [3.63, 3.8) is 0 Å². The zero-order valence-corrected chi connectivity index (χ0v) is 11.3. The van der Waals surface area contributed by atoms with Gasteiger partial charge in [0.15, 0.2) is 0 Å². The number of benzene rings is 2. The van der Waals surface area contributed by atoms with Crippen molar-refractivity contribution >= 4 is 28.9 Å². The first-order valence-corrected chi connectivity index (χ1v) is 6.29. The van der Waals surface area contributed by atoms with Gasteiger partial charge >= 0.3 is 0 Å². The average molecular weight is 338 g/mol. The highest BCUT2D eigenvalue weighted by Gasteiger charge is 2.02. The monoisotopic (exact) mass is 338 g/mol. The van der Waals surface area contributed by atoms with E-state index >= 15 is 0 Å². The van der Waals surface area contributed by atoms with Crippen LogP contribution in [-0.2, 0) is 6.61 Å². The molecule has 2 aromatic carbocycles. The fourth-order valence-corrected chi connectivity index (χ4v) is 1.93. The molecular formula is C14H11IO2. The molecule has 2 aromatic rings. The minimum Gasteiger partial charge on any atom is -0.488 e. The Labute approximate surface area is 114 Å². The Morgan fingerprint density at radius 1 is 1.12 bits per heavy atom. The maximum atomic E-state index is 10.7. The smallest absolute Gasteiger partial charge is 0.150 e. The number of carbonyl (C=O) groups is 1. The lowest BCUT2D eigenvalue weighted by Crippen LogP contribution is -1.97. The van der Waals surface area contributed by atoms with Gasteiger partial charge in [-0.05, 0) is 40.3 Å². The van der Waals surface area contributed by atoms with Crippen LogP contribution in [0.25, 0.3) is 0 Å². The van der Waals surface area contributed by atoms with Crippen molar-refractivity contribution < 1.29 is 9.53 Å². The highest BCUT2D eigenvalue weighted by Crippen LogP contribution is 2.22. The summed E-state index contributed by atoms with van der Waals surface area (Å²) < 4.78 is 6.70. The fourth-order valence-electron chi connectivity index (χ4n) is 1.44. The third-order valence-corrected chi connectivity index (χ3v) is 3.22. The maximum absolute atomic E-state index is 10.7. The van der Waals surface area contributed by atoms with E-state index in [1.165, 1.54) is 0 Å². The summed E-state index contributed by atoms with van der Waals surface area (Å²) in [6, 6.07) is 15.4. The molecule has 3 heteroatoms. The summed E-state index contributed by atoms with van der Waals surface area (Å²) in [7, 11) is 0. The molecule has 0 N–H and O–H groups in total. The van der Waals surface area contributed by atoms with Gasteiger partial charge in [0.2, 0.25) is 0 Å². The second-order valence-electron chi connectivity index (χ2n) is 3.58. The lowest BCUT2D eigenvalue weighted by atomic mass is 10.2. The van der Waals surface area contributed by atoms with Crippen LogP contribution < -0.4 is 4.74 Å². The van der Waals surface area contributed by atoms with E-state index in [1.807, 2.05) is 36.4 Å². The number of aldehydes is 1. The topological polar surface area (TPSA) is 26.3 Å². The lowest BCUT2D eigenvalue weighted by Gasteiger charge is -2.08. The predicted octanol–water partition coefficient (Wildman–Crippen LogP) is 3.68. The van der Waals surface area contributed by atoms with Crippen molar-refractivity contribution in [2.24, 2.45) is 0 Å². The molecule has 0 aliphatic heterocycles. The zero-order chi connectivity index (χ0) is 12.1. The zero-order valence-electron chi connectivity index (χ0n) is 9.10. The lowest BCUT2D eigenvalue weighted by molar-refractivity contribution is 0.112. The van der Waals surface area contributed by atoms with E-state index < -0.39 is 0 Å². The number of carbonyl (C=O) groups excluding carboxylic acids is 1. The molecule has 17 heavy (non-hydrogen) atoms. The molecule has 0 unspecified atom stereocenters. The van der Waals surface area contributed by atoms with Crippen molar-refractivity contribution in [3.05, 3.63) is 63.2 Å². The van der Waals surface area contributed by atoms with Gasteiger partial charge in [-0.3, -0.25) is 4.79 Å². The second kappa shape index (κ2) is 5.82. The van der Waals surface area contributed by atoms with Gasteiger partial charge in [-0.15, -0.1) is 0 Å². The summed E-state index contributed by atoms with van der Waals surface area (Å²) in [4.78, 5) is 10.7. The molecule has 0 fully saturated rings. The molecule has 0 aliphatic rings. The Morgan fingerprint density at radius 3 is 2.59 bits per heavy atom. The van der Waals surface area contributed by atoms with Crippen molar-refractivity contribution in [1.82, 2.24) is 0 Å². The summed E-state index contributed by atoms with van der Waals surface area (Å²) >= 11 is 2.20. The summed E-state index contributed by atoms with van der Waals surface area (Å²) in [5, 5.41) is 0. The third-order valence-electron chi connectivity index (χ3n) is 2.33. The van der Waals surface area contributed by atoms with Crippen LogP contribution in [0, 0.1) is 3.57 Å². The number of rotatable bonds is 4. The van der Waals surface area contributed by atoms with Crippen LogP contribution in [0.1, 0.15) is 15.9 Å². The molecule has 0 heterocycles. The van der Waals surface area contributed by atoms with Gasteiger partial charge in [0, 0.05) is 5.56 Å². The Hall–Kier alpha value is -1.36. The first-order chi connectivity index (χ1) is 8.29. The summed E-state index contributed by atoms with van der Waals surface area (Å²) in [5.74, 6) is 0.749. The largest absolute Gasteiger partial charge is 0.488 e. The van der Waals surface area contributed by atoms with Crippen molar-refractivity contribution in [1.29, 1.82) is 0 Å². The Kier molecular flexibility index (Phi) is 4.14. The quantitative estimate of drug-likeness (QED) is 0.628. The van der Waals surface area contributed by atoms with Crippen LogP contribution in [0.4, 0.5) is 0 Å². The summed E-state index contributed by atoms with van der Waals surface area (Å²) in [5.41, 5.74) is 1.74.